The van der Waals surface area contributed by atoms with E-state index in [4.69, 9.17) is 37.9 Å². The highest BCUT2D eigenvalue weighted by Gasteiger charge is 2.41. The van der Waals surface area contributed by atoms with Crippen LogP contribution in [0.3, 0.4) is 0 Å². The van der Waals surface area contributed by atoms with Gasteiger partial charge in [-0.25, -0.2) is 0 Å². The molecule has 0 saturated carbocycles. The SMILES string of the molecule is CCC1(COCC(COCC2(CC)COC2)C(COCC2(CC)COC2)COCC2(CC)COC2)COC1. The first-order valence-corrected chi connectivity index (χ1v) is 15.1. The second-order valence-corrected chi connectivity index (χ2v) is 13.0. The van der Waals surface area contributed by atoms with Gasteiger partial charge in [-0.05, 0) is 25.7 Å². The minimum atomic E-state index is 0.166. The molecule has 0 aliphatic carbocycles. The Hall–Kier alpha value is -0.320. The summed E-state index contributed by atoms with van der Waals surface area (Å²) in [7, 11) is 0. The topological polar surface area (TPSA) is 73.8 Å². The molecule has 0 unspecified atom stereocenters. The zero-order chi connectivity index (χ0) is 27.0. The van der Waals surface area contributed by atoms with Gasteiger partial charge in [0.2, 0.25) is 0 Å². The van der Waals surface area contributed by atoms with Crippen molar-refractivity contribution in [2.45, 2.75) is 53.4 Å². The molecule has 8 heteroatoms. The summed E-state index contributed by atoms with van der Waals surface area (Å²) in [6, 6.07) is 0. The van der Waals surface area contributed by atoms with Gasteiger partial charge in [0.25, 0.3) is 0 Å². The molecule has 0 aromatic rings. The van der Waals surface area contributed by atoms with Crippen LogP contribution in [0.2, 0.25) is 0 Å². The zero-order valence-electron chi connectivity index (χ0n) is 24.6. The van der Waals surface area contributed by atoms with E-state index in [-0.39, 0.29) is 33.5 Å². The van der Waals surface area contributed by atoms with E-state index in [2.05, 4.69) is 27.7 Å². The van der Waals surface area contributed by atoms with Crippen molar-refractivity contribution in [1.29, 1.82) is 0 Å². The van der Waals surface area contributed by atoms with Gasteiger partial charge < -0.3 is 37.9 Å². The van der Waals surface area contributed by atoms with E-state index < -0.39 is 0 Å². The molecule has 0 aromatic heterocycles. The van der Waals surface area contributed by atoms with Crippen LogP contribution in [0.15, 0.2) is 0 Å². The highest BCUT2D eigenvalue weighted by Crippen LogP contribution is 2.35. The second kappa shape index (κ2) is 14.0. The van der Waals surface area contributed by atoms with Gasteiger partial charge in [0, 0.05) is 33.5 Å². The molecular weight excluding hydrogens is 488 g/mol. The van der Waals surface area contributed by atoms with E-state index in [1.807, 2.05) is 0 Å². The minimum absolute atomic E-state index is 0.166. The maximum atomic E-state index is 6.39. The maximum Gasteiger partial charge on any atom is 0.0566 e. The molecule has 4 fully saturated rings. The predicted molar refractivity (Wildman–Crippen MR) is 144 cm³/mol. The molecule has 0 atom stereocenters. The van der Waals surface area contributed by atoms with E-state index in [1.165, 1.54) is 0 Å². The maximum absolute atomic E-state index is 6.39. The fraction of sp³-hybridized carbons (Fsp3) is 1.00. The fourth-order valence-electron chi connectivity index (χ4n) is 5.47. The van der Waals surface area contributed by atoms with Crippen LogP contribution in [0, 0.1) is 33.5 Å². The first-order chi connectivity index (χ1) is 18.5. The number of hydrogen-bond donors (Lipinski definition) is 0. The Morgan fingerprint density at radius 1 is 0.421 bits per heavy atom. The molecule has 38 heavy (non-hydrogen) atoms. The van der Waals surface area contributed by atoms with Crippen LogP contribution in [0.4, 0.5) is 0 Å². The molecule has 4 aliphatic rings. The van der Waals surface area contributed by atoms with Gasteiger partial charge in [-0.3, -0.25) is 0 Å². The van der Waals surface area contributed by atoms with Crippen molar-refractivity contribution in [3.63, 3.8) is 0 Å². The van der Waals surface area contributed by atoms with E-state index in [9.17, 15) is 0 Å². The monoisotopic (exact) mass is 542 g/mol. The van der Waals surface area contributed by atoms with Crippen molar-refractivity contribution in [1.82, 2.24) is 0 Å². The third kappa shape index (κ3) is 7.49. The lowest BCUT2D eigenvalue weighted by molar-refractivity contribution is -0.177. The van der Waals surface area contributed by atoms with E-state index in [0.717, 1.165) is 105 Å². The summed E-state index contributed by atoms with van der Waals surface area (Å²) in [5, 5.41) is 0. The lowest BCUT2D eigenvalue weighted by Crippen LogP contribution is -2.48. The highest BCUT2D eigenvalue weighted by molar-refractivity contribution is 4.87. The molecule has 4 rings (SSSR count). The van der Waals surface area contributed by atoms with Crippen molar-refractivity contribution in [3.8, 4) is 0 Å². The van der Waals surface area contributed by atoms with Crippen LogP contribution in [0.5, 0.6) is 0 Å². The standard InChI is InChI=1S/C30H54O8/c1-5-27(17-35-18-27)13-31-9-25(10-32-14-28(6-2)19-36-20-28)26(11-33-15-29(7-3)21-37-22-29)12-34-16-30(8-4)23-38-24-30/h25-26H,5-24H2,1-4H3. The average Bonchev–Trinajstić information content (AvgIpc) is 2.83. The number of hydrogen-bond acceptors (Lipinski definition) is 8. The van der Waals surface area contributed by atoms with Crippen LogP contribution in [0.25, 0.3) is 0 Å². The quantitative estimate of drug-likeness (QED) is 0.216. The van der Waals surface area contributed by atoms with Crippen molar-refractivity contribution in [2.75, 3.05) is 106 Å². The Bertz CT molecular complexity index is 548. The molecule has 0 N–H and O–H groups in total. The largest absolute Gasteiger partial charge is 0.380 e. The summed E-state index contributed by atoms with van der Waals surface area (Å²) >= 11 is 0. The van der Waals surface area contributed by atoms with Crippen LogP contribution >= 0.6 is 0 Å². The van der Waals surface area contributed by atoms with Gasteiger partial charge in [0.15, 0.2) is 0 Å². The first-order valence-electron chi connectivity index (χ1n) is 15.1. The van der Waals surface area contributed by atoms with Gasteiger partial charge in [-0.1, -0.05) is 27.7 Å². The normalized spacial score (nSPS) is 24.5. The molecule has 4 aliphatic heterocycles. The first kappa shape index (κ1) is 30.6. The van der Waals surface area contributed by atoms with Gasteiger partial charge >= 0.3 is 0 Å². The van der Waals surface area contributed by atoms with Crippen molar-refractivity contribution in [2.24, 2.45) is 33.5 Å². The van der Waals surface area contributed by atoms with Crippen LogP contribution in [-0.2, 0) is 37.9 Å². The predicted octanol–water partition coefficient (Wildman–Crippen LogP) is 3.99. The zero-order valence-corrected chi connectivity index (χ0v) is 24.6. The molecule has 0 spiro atoms. The molecule has 4 saturated heterocycles. The van der Waals surface area contributed by atoms with Crippen LogP contribution in [-0.4, -0.2) is 106 Å². The molecule has 0 aromatic carbocycles. The number of ether oxygens (including phenoxy) is 8. The van der Waals surface area contributed by atoms with Crippen LogP contribution in [0.1, 0.15) is 53.4 Å². The fourth-order valence-corrected chi connectivity index (χ4v) is 5.47. The average molecular weight is 543 g/mol. The molecule has 222 valence electrons. The van der Waals surface area contributed by atoms with E-state index in [0.29, 0.717) is 26.4 Å². The lowest BCUT2D eigenvalue weighted by atomic mass is 9.83. The third-order valence-electron chi connectivity index (χ3n) is 9.89. The summed E-state index contributed by atoms with van der Waals surface area (Å²) in [4.78, 5) is 0. The van der Waals surface area contributed by atoms with Crippen molar-refractivity contribution < 1.29 is 37.9 Å². The van der Waals surface area contributed by atoms with Gasteiger partial charge in [0.1, 0.15) is 0 Å². The minimum Gasteiger partial charge on any atom is -0.380 e. The van der Waals surface area contributed by atoms with Crippen molar-refractivity contribution in [3.05, 3.63) is 0 Å². The molecule has 0 radical (unpaired) electrons. The Morgan fingerprint density at radius 2 is 0.632 bits per heavy atom. The number of rotatable bonds is 21. The summed E-state index contributed by atoms with van der Waals surface area (Å²) in [5.74, 6) is 0.371. The summed E-state index contributed by atoms with van der Waals surface area (Å²) in [5.41, 5.74) is 0.662. The Balaban J connectivity index is 1.36. The van der Waals surface area contributed by atoms with Gasteiger partial charge in [-0.15, -0.1) is 0 Å². The highest BCUT2D eigenvalue weighted by atomic mass is 16.5. The third-order valence-corrected chi connectivity index (χ3v) is 9.89. The molecule has 0 bridgehead atoms. The van der Waals surface area contributed by atoms with Crippen LogP contribution < -0.4 is 0 Å². The van der Waals surface area contributed by atoms with Crippen molar-refractivity contribution >= 4 is 0 Å². The van der Waals surface area contributed by atoms with Gasteiger partial charge in [-0.2, -0.15) is 0 Å². The van der Waals surface area contributed by atoms with E-state index >= 15 is 0 Å². The summed E-state index contributed by atoms with van der Waals surface area (Å²) in [6.45, 7) is 20.7. The molecular formula is C30H54O8. The summed E-state index contributed by atoms with van der Waals surface area (Å²) < 4.78 is 47.6. The molecule has 4 heterocycles. The molecule has 0 amide bonds. The smallest absolute Gasteiger partial charge is 0.0566 e. The summed E-state index contributed by atoms with van der Waals surface area (Å²) in [6.07, 6.45) is 4.30. The Labute approximate surface area is 230 Å². The Kier molecular flexibility index (Phi) is 11.3. The lowest BCUT2D eigenvalue weighted by Gasteiger charge is -2.42. The molecule has 8 nitrogen and oxygen atoms in total. The Morgan fingerprint density at radius 3 is 0.763 bits per heavy atom. The second-order valence-electron chi connectivity index (χ2n) is 13.0. The van der Waals surface area contributed by atoms with Gasteiger partial charge in [0.05, 0.1) is 106 Å². The van der Waals surface area contributed by atoms with E-state index in [1.54, 1.807) is 0 Å².